The Morgan fingerprint density at radius 2 is 1.00 bits per heavy atom. The van der Waals surface area contributed by atoms with Gasteiger partial charge in [0.15, 0.2) is 0 Å². The molecule has 84 valence electrons. The minimum absolute atomic E-state index is 0.647. The van der Waals surface area contributed by atoms with Gasteiger partial charge in [-0.1, -0.05) is 0 Å². The lowest BCUT2D eigenvalue weighted by molar-refractivity contribution is -0.148. The fourth-order valence-corrected chi connectivity index (χ4v) is 1.94. The molecule has 0 aliphatic heterocycles. The molecule has 1 rings (SSSR count). The van der Waals surface area contributed by atoms with Gasteiger partial charge in [-0.25, -0.2) is 0 Å². The molecule has 1 aliphatic carbocycles. The van der Waals surface area contributed by atoms with Crippen LogP contribution in [-0.4, -0.2) is 71.0 Å². The minimum atomic E-state index is -1.26. The summed E-state index contributed by atoms with van der Waals surface area (Å²) in [5.74, 6) is 0. The number of aliphatic hydroxyl groups excluding tert-OH is 4. The lowest BCUT2D eigenvalue weighted by Gasteiger charge is -2.43. The molecular weight excluding hydrogens is 188 g/mol. The molecule has 6 atom stereocenters. The molecule has 0 bridgehead atoms. The van der Waals surface area contributed by atoms with Crippen LogP contribution in [0, 0.1) is 0 Å². The second-order valence-corrected chi connectivity index (χ2v) is 3.59. The third-order valence-corrected chi connectivity index (χ3v) is 2.84. The predicted octanol–water partition coefficient (Wildman–Crippen LogP) is -3.38. The molecular formula is C8H18N2O4. The second kappa shape index (κ2) is 4.52. The Morgan fingerprint density at radius 3 is 1.29 bits per heavy atom. The van der Waals surface area contributed by atoms with Gasteiger partial charge in [0.05, 0.1) is 18.2 Å². The average molecular weight is 206 g/mol. The Kier molecular flexibility index (Phi) is 3.82. The van der Waals surface area contributed by atoms with Gasteiger partial charge in [-0.15, -0.1) is 0 Å². The van der Waals surface area contributed by atoms with Gasteiger partial charge in [0.2, 0.25) is 0 Å². The van der Waals surface area contributed by atoms with Gasteiger partial charge >= 0.3 is 0 Å². The number of nitrogens with one attached hydrogen (secondary N) is 2. The topological polar surface area (TPSA) is 105 Å². The van der Waals surface area contributed by atoms with Crippen molar-refractivity contribution in [1.29, 1.82) is 0 Å². The fourth-order valence-electron chi connectivity index (χ4n) is 1.94. The van der Waals surface area contributed by atoms with Crippen LogP contribution in [0.3, 0.4) is 0 Å². The predicted molar refractivity (Wildman–Crippen MR) is 49.7 cm³/mol. The van der Waals surface area contributed by atoms with Crippen LogP contribution < -0.4 is 10.6 Å². The molecule has 1 fully saturated rings. The quantitative estimate of drug-likeness (QED) is 0.282. The minimum Gasteiger partial charge on any atom is -0.390 e. The Labute approximate surface area is 82.6 Å². The Hall–Kier alpha value is -0.240. The van der Waals surface area contributed by atoms with Crippen LogP contribution in [0.4, 0.5) is 0 Å². The van der Waals surface area contributed by atoms with E-state index in [0.717, 1.165) is 0 Å². The highest BCUT2D eigenvalue weighted by molar-refractivity contribution is 5.04. The van der Waals surface area contributed by atoms with Gasteiger partial charge in [-0.3, -0.25) is 0 Å². The summed E-state index contributed by atoms with van der Waals surface area (Å²) in [6, 6.07) is -1.29. The van der Waals surface area contributed by atoms with Crippen molar-refractivity contribution in [3.05, 3.63) is 0 Å². The molecule has 0 radical (unpaired) electrons. The lowest BCUT2D eigenvalue weighted by Crippen LogP contribution is -2.70. The van der Waals surface area contributed by atoms with Crippen LogP contribution in [0.5, 0.6) is 0 Å². The van der Waals surface area contributed by atoms with Crippen molar-refractivity contribution in [2.24, 2.45) is 0 Å². The molecule has 14 heavy (non-hydrogen) atoms. The van der Waals surface area contributed by atoms with Gasteiger partial charge in [0.25, 0.3) is 0 Å². The second-order valence-electron chi connectivity index (χ2n) is 3.59. The third kappa shape index (κ3) is 1.77. The van der Waals surface area contributed by atoms with Crippen molar-refractivity contribution in [1.82, 2.24) is 10.6 Å². The summed E-state index contributed by atoms with van der Waals surface area (Å²) in [5, 5.41) is 43.7. The Balaban J connectivity index is 2.82. The van der Waals surface area contributed by atoms with Crippen LogP contribution >= 0.6 is 0 Å². The largest absolute Gasteiger partial charge is 0.390 e. The molecule has 1 aliphatic rings. The summed E-state index contributed by atoms with van der Waals surface area (Å²) in [6.45, 7) is 0. The number of aliphatic hydroxyl groups is 4. The van der Waals surface area contributed by atoms with Crippen molar-refractivity contribution < 1.29 is 20.4 Å². The zero-order valence-corrected chi connectivity index (χ0v) is 8.25. The van der Waals surface area contributed by atoms with Crippen LogP contribution in [0.25, 0.3) is 0 Å². The molecule has 0 saturated heterocycles. The van der Waals surface area contributed by atoms with Crippen molar-refractivity contribution >= 4 is 0 Å². The number of hydrogen-bond donors (Lipinski definition) is 6. The van der Waals surface area contributed by atoms with E-state index in [9.17, 15) is 20.4 Å². The van der Waals surface area contributed by atoms with Crippen molar-refractivity contribution in [2.45, 2.75) is 36.5 Å². The maximum Gasteiger partial charge on any atom is 0.109 e. The van der Waals surface area contributed by atoms with Crippen LogP contribution in [0.15, 0.2) is 0 Å². The van der Waals surface area contributed by atoms with E-state index in [0.29, 0.717) is 0 Å². The van der Waals surface area contributed by atoms with Gasteiger partial charge < -0.3 is 31.1 Å². The van der Waals surface area contributed by atoms with E-state index in [2.05, 4.69) is 10.6 Å². The van der Waals surface area contributed by atoms with Gasteiger partial charge in [-0.2, -0.15) is 0 Å². The van der Waals surface area contributed by atoms with E-state index in [4.69, 9.17) is 0 Å². The maximum absolute atomic E-state index is 9.73. The van der Waals surface area contributed by atoms with Crippen molar-refractivity contribution in [3.63, 3.8) is 0 Å². The summed E-state index contributed by atoms with van der Waals surface area (Å²) >= 11 is 0. The summed E-state index contributed by atoms with van der Waals surface area (Å²) in [6.07, 6.45) is -4.55. The highest BCUT2D eigenvalue weighted by atomic mass is 16.4. The van der Waals surface area contributed by atoms with Gasteiger partial charge in [0.1, 0.15) is 18.3 Å². The van der Waals surface area contributed by atoms with E-state index in [1.807, 2.05) is 0 Å². The standard InChI is InChI=1S/C8H18N2O4/c1-9-3-5(11)4(10-2)7(13)8(14)6(3)12/h3-14H,1-2H3/t3?,4?,5?,6-,7?,8?/m0/s1. The van der Waals surface area contributed by atoms with Crippen LogP contribution in [0.2, 0.25) is 0 Å². The first-order valence-electron chi connectivity index (χ1n) is 4.61. The third-order valence-electron chi connectivity index (χ3n) is 2.84. The van der Waals surface area contributed by atoms with E-state index in [1.54, 1.807) is 14.1 Å². The Morgan fingerprint density at radius 1 is 0.643 bits per heavy atom. The summed E-state index contributed by atoms with van der Waals surface area (Å²) in [4.78, 5) is 0. The van der Waals surface area contributed by atoms with Gasteiger partial charge in [-0.05, 0) is 14.1 Å². The smallest absolute Gasteiger partial charge is 0.109 e. The van der Waals surface area contributed by atoms with Crippen LogP contribution in [0.1, 0.15) is 0 Å². The first-order valence-corrected chi connectivity index (χ1v) is 4.61. The number of rotatable bonds is 2. The SMILES string of the molecule is CNC1C(O)C(O)[C@@H](O)C(NC)C1O. The average Bonchev–Trinajstić information content (AvgIpc) is 2.16. The summed E-state index contributed by atoms with van der Waals surface area (Å²) in [5.41, 5.74) is 0. The van der Waals surface area contributed by atoms with Gasteiger partial charge in [0, 0.05) is 0 Å². The zero-order valence-electron chi connectivity index (χ0n) is 8.25. The highest BCUT2D eigenvalue weighted by Gasteiger charge is 2.47. The number of hydrogen-bond acceptors (Lipinski definition) is 6. The molecule has 0 aromatic carbocycles. The van der Waals surface area contributed by atoms with Crippen molar-refractivity contribution in [2.75, 3.05) is 14.1 Å². The first-order chi connectivity index (χ1) is 6.54. The normalized spacial score (nSPS) is 49.3. The molecule has 0 spiro atoms. The molecule has 0 aromatic heterocycles. The lowest BCUT2D eigenvalue weighted by atomic mass is 9.81. The monoisotopic (exact) mass is 206 g/mol. The van der Waals surface area contributed by atoms with Crippen molar-refractivity contribution in [3.8, 4) is 0 Å². The van der Waals surface area contributed by atoms with E-state index < -0.39 is 36.5 Å². The first kappa shape index (κ1) is 11.8. The molecule has 1 saturated carbocycles. The highest BCUT2D eigenvalue weighted by Crippen LogP contribution is 2.20. The Bertz CT molecular complexity index is 174. The summed E-state index contributed by atoms with van der Waals surface area (Å²) in [7, 11) is 3.16. The summed E-state index contributed by atoms with van der Waals surface area (Å²) < 4.78 is 0. The molecule has 5 unspecified atom stereocenters. The van der Waals surface area contributed by atoms with E-state index in [-0.39, 0.29) is 0 Å². The zero-order chi connectivity index (χ0) is 10.9. The number of likely N-dealkylation sites (N-methyl/N-ethyl adjacent to an activating group) is 2. The molecule has 0 heterocycles. The molecule has 6 nitrogen and oxygen atoms in total. The van der Waals surface area contributed by atoms with Crippen LogP contribution in [-0.2, 0) is 0 Å². The fraction of sp³-hybridized carbons (Fsp3) is 1.00. The maximum atomic E-state index is 9.73. The molecule has 6 heteroatoms. The van der Waals surface area contributed by atoms with E-state index >= 15 is 0 Å². The molecule has 0 amide bonds. The molecule has 6 N–H and O–H groups in total. The molecule has 0 aromatic rings. The van der Waals surface area contributed by atoms with E-state index in [1.165, 1.54) is 0 Å².